The first-order valence-electron chi connectivity index (χ1n) is 6.56. The van der Waals surface area contributed by atoms with Gasteiger partial charge in [0.05, 0.1) is 7.11 Å². The Hall–Kier alpha value is -1.44. The average Bonchev–Trinajstić information content (AvgIpc) is 2.65. The maximum absolute atomic E-state index is 5.32. The SMILES string of the molecule is COc1ccc2[nH]c3c(c2c1)CCCCCC3. The highest BCUT2D eigenvalue weighted by molar-refractivity contribution is 5.86. The molecule has 0 saturated carbocycles. The zero-order valence-electron chi connectivity index (χ0n) is 10.4. The lowest BCUT2D eigenvalue weighted by Gasteiger charge is -2.09. The van der Waals surface area contributed by atoms with Gasteiger partial charge in [-0.3, -0.25) is 0 Å². The third-order valence-corrected chi connectivity index (χ3v) is 3.81. The van der Waals surface area contributed by atoms with Gasteiger partial charge in [-0.25, -0.2) is 0 Å². The van der Waals surface area contributed by atoms with Crippen molar-refractivity contribution in [3.63, 3.8) is 0 Å². The molecule has 0 bridgehead atoms. The monoisotopic (exact) mass is 229 g/mol. The summed E-state index contributed by atoms with van der Waals surface area (Å²) in [4.78, 5) is 3.58. The molecule has 1 aromatic carbocycles. The molecule has 0 amide bonds. The van der Waals surface area contributed by atoms with Crippen molar-refractivity contribution in [2.24, 2.45) is 0 Å². The Labute approximate surface area is 102 Å². The van der Waals surface area contributed by atoms with Crippen LogP contribution in [0.4, 0.5) is 0 Å². The summed E-state index contributed by atoms with van der Waals surface area (Å²) in [6.07, 6.45) is 7.79. The number of H-pyrrole nitrogens is 1. The van der Waals surface area contributed by atoms with Crippen LogP contribution >= 0.6 is 0 Å². The van der Waals surface area contributed by atoms with Crippen LogP contribution in [0, 0.1) is 0 Å². The van der Waals surface area contributed by atoms with E-state index in [1.807, 2.05) is 6.07 Å². The van der Waals surface area contributed by atoms with Gasteiger partial charge in [0, 0.05) is 16.6 Å². The Kier molecular flexibility index (Phi) is 2.79. The fraction of sp³-hybridized carbons (Fsp3) is 0.467. The van der Waals surface area contributed by atoms with Gasteiger partial charge in [0.25, 0.3) is 0 Å². The van der Waals surface area contributed by atoms with E-state index in [4.69, 9.17) is 4.74 Å². The second-order valence-electron chi connectivity index (χ2n) is 4.91. The molecule has 1 aliphatic carbocycles. The van der Waals surface area contributed by atoms with Crippen LogP contribution in [-0.2, 0) is 12.8 Å². The number of hydrogen-bond acceptors (Lipinski definition) is 1. The third kappa shape index (κ3) is 1.92. The molecule has 17 heavy (non-hydrogen) atoms. The number of nitrogens with one attached hydrogen (secondary N) is 1. The van der Waals surface area contributed by atoms with Crippen LogP contribution in [0.3, 0.4) is 0 Å². The molecule has 0 fully saturated rings. The first-order valence-corrected chi connectivity index (χ1v) is 6.56. The number of benzene rings is 1. The van der Waals surface area contributed by atoms with Gasteiger partial charge in [-0.1, -0.05) is 12.8 Å². The maximum atomic E-state index is 5.32. The molecule has 0 radical (unpaired) electrons. The molecule has 1 aromatic heterocycles. The highest BCUT2D eigenvalue weighted by atomic mass is 16.5. The van der Waals surface area contributed by atoms with E-state index in [0.717, 1.165) is 5.75 Å². The van der Waals surface area contributed by atoms with Gasteiger partial charge < -0.3 is 9.72 Å². The molecule has 1 aliphatic rings. The van der Waals surface area contributed by atoms with Crippen LogP contribution in [-0.4, -0.2) is 12.1 Å². The van der Waals surface area contributed by atoms with Crippen molar-refractivity contribution in [2.45, 2.75) is 38.5 Å². The lowest BCUT2D eigenvalue weighted by atomic mass is 9.97. The predicted molar refractivity (Wildman–Crippen MR) is 70.7 cm³/mol. The fourth-order valence-corrected chi connectivity index (χ4v) is 2.87. The largest absolute Gasteiger partial charge is 0.497 e. The molecule has 0 spiro atoms. The van der Waals surface area contributed by atoms with Gasteiger partial charge in [-0.05, 0) is 49.4 Å². The van der Waals surface area contributed by atoms with Crippen molar-refractivity contribution in [2.75, 3.05) is 7.11 Å². The van der Waals surface area contributed by atoms with Crippen molar-refractivity contribution in [3.05, 3.63) is 29.5 Å². The minimum atomic E-state index is 0.960. The zero-order chi connectivity index (χ0) is 11.7. The Balaban J connectivity index is 2.13. The molecule has 3 rings (SSSR count). The zero-order valence-corrected chi connectivity index (χ0v) is 10.4. The highest BCUT2D eigenvalue weighted by Crippen LogP contribution is 2.30. The number of aromatic amines is 1. The molecule has 2 heteroatoms. The van der Waals surface area contributed by atoms with Crippen LogP contribution in [0.25, 0.3) is 10.9 Å². The van der Waals surface area contributed by atoms with E-state index in [2.05, 4.69) is 17.1 Å². The van der Waals surface area contributed by atoms with Gasteiger partial charge in [-0.15, -0.1) is 0 Å². The minimum Gasteiger partial charge on any atom is -0.497 e. The lowest BCUT2D eigenvalue weighted by molar-refractivity contribution is 0.415. The summed E-state index contributed by atoms with van der Waals surface area (Å²) in [5.41, 5.74) is 4.24. The summed E-state index contributed by atoms with van der Waals surface area (Å²) in [6.45, 7) is 0. The molecule has 2 aromatic rings. The molecule has 0 saturated heterocycles. The number of ether oxygens (including phenoxy) is 1. The number of aromatic nitrogens is 1. The Bertz CT molecular complexity index is 527. The molecule has 2 nitrogen and oxygen atoms in total. The van der Waals surface area contributed by atoms with Crippen LogP contribution in [0.2, 0.25) is 0 Å². The maximum Gasteiger partial charge on any atom is 0.119 e. The van der Waals surface area contributed by atoms with Gasteiger partial charge in [0.15, 0.2) is 0 Å². The molecule has 0 atom stereocenters. The Morgan fingerprint density at radius 2 is 1.88 bits per heavy atom. The van der Waals surface area contributed by atoms with Gasteiger partial charge >= 0.3 is 0 Å². The number of rotatable bonds is 1. The van der Waals surface area contributed by atoms with Gasteiger partial charge in [0.2, 0.25) is 0 Å². The van der Waals surface area contributed by atoms with E-state index >= 15 is 0 Å². The van der Waals surface area contributed by atoms with Crippen LogP contribution in [0.1, 0.15) is 36.9 Å². The molecular formula is C15H19NO. The highest BCUT2D eigenvalue weighted by Gasteiger charge is 2.13. The van der Waals surface area contributed by atoms with E-state index in [-0.39, 0.29) is 0 Å². The second kappa shape index (κ2) is 4.44. The van der Waals surface area contributed by atoms with Crippen molar-refractivity contribution in [1.82, 2.24) is 4.98 Å². The van der Waals surface area contributed by atoms with E-state index < -0.39 is 0 Å². The second-order valence-corrected chi connectivity index (χ2v) is 4.91. The minimum absolute atomic E-state index is 0.960. The van der Waals surface area contributed by atoms with Crippen molar-refractivity contribution in [1.29, 1.82) is 0 Å². The molecule has 0 aliphatic heterocycles. The van der Waals surface area contributed by atoms with E-state index in [1.54, 1.807) is 7.11 Å². The molecular weight excluding hydrogens is 210 g/mol. The van der Waals surface area contributed by atoms with E-state index in [9.17, 15) is 0 Å². The lowest BCUT2D eigenvalue weighted by Crippen LogP contribution is -1.97. The van der Waals surface area contributed by atoms with Crippen LogP contribution in [0.15, 0.2) is 18.2 Å². The van der Waals surface area contributed by atoms with Crippen molar-refractivity contribution < 1.29 is 4.74 Å². The number of hydrogen-bond donors (Lipinski definition) is 1. The Morgan fingerprint density at radius 1 is 1.06 bits per heavy atom. The number of methoxy groups -OCH3 is 1. The van der Waals surface area contributed by atoms with E-state index in [0.29, 0.717) is 0 Å². The quantitative estimate of drug-likeness (QED) is 0.789. The standard InChI is InChI=1S/C15H19NO/c1-17-11-8-9-15-13(10-11)12-6-4-2-3-5-7-14(12)16-15/h8-10,16H,2-7H2,1H3. The molecule has 1 heterocycles. The summed E-state index contributed by atoms with van der Waals surface area (Å²) in [5, 5.41) is 1.36. The average molecular weight is 229 g/mol. The number of fused-ring (bicyclic) bond motifs is 3. The molecule has 90 valence electrons. The summed E-state index contributed by atoms with van der Waals surface area (Å²) in [5.74, 6) is 0.960. The summed E-state index contributed by atoms with van der Waals surface area (Å²) in [7, 11) is 1.73. The normalized spacial score (nSPS) is 16.3. The first kappa shape index (κ1) is 10.7. The third-order valence-electron chi connectivity index (χ3n) is 3.81. The molecule has 1 N–H and O–H groups in total. The van der Waals surface area contributed by atoms with Crippen molar-refractivity contribution in [3.8, 4) is 5.75 Å². The van der Waals surface area contributed by atoms with Crippen LogP contribution < -0.4 is 4.74 Å². The molecule has 0 unspecified atom stereocenters. The number of aryl methyl sites for hydroxylation is 2. The first-order chi connectivity index (χ1) is 8.38. The van der Waals surface area contributed by atoms with Gasteiger partial charge in [-0.2, -0.15) is 0 Å². The topological polar surface area (TPSA) is 25.0 Å². The fourth-order valence-electron chi connectivity index (χ4n) is 2.87. The van der Waals surface area contributed by atoms with Gasteiger partial charge in [0.1, 0.15) is 5.75 Å². The van der Waals surface area contributed by atoms with Crippen LogP contribution in [0.5, 0.6) is 5.75 Å². The predicted octanol–water partition coefficient (Wildman–Crippen LogP) is 3.84. The van der Waals surface area contributed by atoms with E-state index in [1.165, 1.54) is 60.7 Å². The smallest absolute Gasteiger partial charge is 0.119 e. The summed E-state index contributed by atoms with van der Waals surface area (Å²) >= 11 is 0. The van der Waals surface area contributed by atoms with Crippen molar-refractivity contribution >= 4 is 10.9 Å². The Morgan fingerprint density at radius 3 is 2.71 bits per heavy atom. The summed E-state index contributed by atoms with van der Waals surface area (Å²) < 4.78 is 5.32. The summed E-state index contributed by atoms with van der Waals surface area (Å²) in [6, 6.07) is 6.34.